The van der Waals surface area contributed by atoms with Crippen LogP contribution in [0.2, 0.25) is 5.02 Å². The van der Waals surface area contributed by atoms with Gasteiger partial charge in [0, 0.05) is 5.02 Å². The van der Waals surface area contributed by atoms with Crippen LogP contribution in [0.3, 0.4) is 0 Å². The van der Waals surface area contributed by atoms with Crippen molar-refractivity contribution in [1.29, 1.82) is 0 Å². The van der Waals surface area contributed by atoms with Gasteiger partial charge in [0.25, 0.3) is 5.91 Å². The summed E-state index contributed by atoms with van der Waals surface area (Å²) in [5, 5.41) is 5.77. The number of carbonyl (C=O) groups excluding carboxylic acids is 1. The zero-order valence-electron chi connectivity index (χ0n) is 13.9. The first kappa shape index (κ1) is 19.3. The van der Waals surface area contributed by atoms with Crippen LogP contribution in [-0.4, -0.2) is 18.9 Å². The molecule has 6 nitrogen and oxygen atoms in total. The fraction of sp³-hybridized carbons (Fsp3) is 0.111. The second kappa shape index (κ2) is 7.66. The Kier molecular flexibility index (Phi) is 5.48. The van der Waals surface area contributed by atoms with E-state index in [-0.39, 0.29) is 23.8 Å². The molecule has 0 aliphatic carbocycles. The van der Waals surface area contributed by atoms with Crippen molar-refractivity contribution in [3.63, 3.8) is 0 Å². The van der Waals surface area contributed by atoms with Gasteiger partial charge in [-0.15, -0.1) is 6.42 Å². The molecule has 0 aliphatic rings. The Hall–Kier alpha value is -2.44. The lowest BCUT2D eigenvalue weighted by atomic mass is 10.1. The molecule has 9 heteroatoms. The SMILES string of the molecule is C#CCn1c(=NC(=O)Cc2ccc(Cl)cc2)sc2cc(S(N)(=O)=O)ccc21. The van der Waals surface area contributed by atoms with E-state index in [4.69, 9.17) is 23.2 Å². The number of benzene rings is 2. The van der Waals surface area contributed by atoms with Gasteiger partial charge in [-0.1, -0.05) is 41.0 Å². The van der Waals surface area contributed by atoms with Crippen LogP contribution in [0.5, 0.6) is 0 Å². The van der Waals surface area contributed by atoms with Crippen LogP contribution in [-0.2, 0) is 27.8 Å². The summed E-state index contributed by atoms with van der Waals surface area (Å²) in [6.45, 7) is 0.196. The van der Waals surface area contributed by atoms with Crippen molar-refractivity contribution < 1.29 is 13.2 Å². The molecule has 0 radical (unpaired) electrons. The van der Waals surface area contributed by atoms with E-state index >= 15 is 0 Å². The Morgan fingerprint density at radius 2 is 1.96 bits per heavy atom. The molecule has 1 amide bonds. The lowest BCUT2D eigenvalue weighted by Gasteiger charge is -2.01. The molecule has 0 bridgehead atoms. The number of thiazole rings is 1. The number of fused-ring (bicyclic) bond motifs is 1. The molecule has 0 atom stereocenters. The molecule has 3 rings (SSSR count). The maximum atomic E-state index is 12.4. The third-order valence-corrected chi connectivity index (χ3v) is 5.93. The molecule has 27 heavy (non-hydrogen) atoms. The Morgan fingerprint density at radius 3 is 2.59 bits per heavy atom. The molecular weight excluding hydrogens is 406 g/mol. The minimum atomic E-state index is -3.83. The highest BCUT2D eigenvalue weighted by Crippen LogP contribution is 2.21. The fourth-order valence-corrected chi connectivity index (χ4v) is 4.31. The van der Waals surface area contributed by atoms with Crippen LogP contribution in [0, 0.1) is 12.3 Å². The zero-order chi connectivity index (χ0) is 19.6. The quantitative estimate of drug-likeness (QED) is 0.657. The number of nitrogens with two attached hydrogens (primary N) is 1. The Bertz CT molecular complexity index is 1230. The molecule has 0 saturated carbocycles. The van der Waals surface area contributed by atoms with Gasteiger partial charge in [0.15, 0.2) is 4.80 Å². The topological polar surface area (TPSA) is 94.5 Å². The van der Waals surface area contributed by atoms with Gasteiger partial charge in [-0.3, -0.25) is 4.79 Å². The predicted octanol–water partition coefficient (Wildman–Crippen LogP) is 2.31. The monoisotopic (exact) mass is 419 g/mol. The highest BCUT2D eigenvalue weighted by molar-refractivity contribution is 7.89. The van der Waals surface area contributed by atoms with Crippen LogP contribution < -0.4 is 9.94 Å². The van der Waals surface area contributed by atoms with E-state index in [1.165, 1.54) is 23.5 Å². The van der Waals surface area contributed by atoms with E-state index in [1.807, 2.05) is 0 Å². The van der Waals surface area contributed by atoms with Crippen molar-refractivity contribution >= 4 is 49.1 Å². The first-order valence-electron chi connectivity index (χ1n) is 7.69. The summed E-state index contributed by atoms with van der Waals surface area (Å²) >= 11 is 7.02. The number of aromatic nitrogens is 1. The zero-order valence-corrected chi connectivity index (χ0v) is 16.3. The molecule has 2 aromatic carbocycles. The molecule has 3 aromatic rings. The summed E-state index contributed by atoms with van der Waals surface area (Å²) in [4.78, 5) is 16.9. The summed E-state index contributed by atoms with van der Waals surface area (Å²) in [6, 6.07) is 11.4. The van der Waals surface area contributed by atoms with E-state index < -0.39 is 10.0 Å². The molecule has 0 aliphatic heterocycles. The fourth-order valence-electron chi connectivity index (χ4n) is 2.48. The van der Waals surface area contributed by atoms with Crippen molar-refractivity contribution in [2.45, 2.75) is 17.9 Å². The molecule has 1 aromatic heterocycles. The lowest BCUT2D eigenvalue weighted by molar-refractivity contribution is -0.117. The van der Waals surface area contributed by atoms with Crippen molar-refractivity contribution in [3.05, 3.63) is 57.9 Å². The number of halogens is 1. The number of hydrogen-bond acceptors (Lipinski definition) is 4. The van der Waals surface area contributed by atoms with Crippen LogP contribution in [0.25, 0.3) is 10.2 Å². The molecular formula is C18H14ClN3O3S2. The smallest absolute Gasteiger partial charge is 0.252 e. The minimum absolute atomic E-state index is 0.0110. The van der Waals surface area contributed by atoms with E-state index in [0.717, 1.165) is 5.56 Å². The Balaban J connectivity index is 2.04. The molecule has 0 unspecified atom stereocenters. The van der Waals surface area contributed by atoms with Crippen LogP contribution in [0.4, 0.5) is 0 Å². The average Bonchev–Trinajstić information content (AvgIpc) is 2.93. The minimum Gasteiger partial charge on any atom is -0.305 e. The maximum absolute atomic E-state index is 12.4. The van der Waals surface area contributed by atoms with E-state index in [9.17, 15) is 13.2 Å². The van der Waals surface area contributed by atoms with Crippen molar-refractivity contribution in [2.24, 2.45) is 10.1 Å². The molecule has 0 fully saturated rings. The summed E-state index contributed by atoms with van der Waals surface area (Å²) in [5.74, 6) is 2.17. The van der Waals surface area contributed by atoms with Gasteiger partial charge < -0.3 is 4.57 Å². The molecule has 138 valence electrons. The first-order chi connectivity index (χ1) is 12.8. The lowest BCUT2D eigenvalue weighted by Crippen LogP contribution is -2.17. The number of primary sulfonamides is 1. The van der Waals surface area contributed by atoms with E-state index in [0.29, 0.717) is 20.0 Å². The van der Waals surface area contributed by atoms with Crippen LogP contribution >= 0.6 is 22.9 Å². The maximum Gasteiger partial charge on any atom is 0.252 e. The van der Waals surface area contributed by atoms with Gasteiger partial charge in [-0.25, -0.2) is 13.6 Å². The first-order valence-corrected chi connectivity index (χ1v) is 10.4. The highest BCUT2D eigenvalue weighted by Gasteiger charge is 2.13. The largest absolute Gasteiger partial charge is 0.305 e. The molecule has 0 spiro atoms. The summed E-state index contributed by atoms with van der Waals surface area (Å²) < 4.78 is 25.4. The van der Waals surface area contributed by atoms with E-state index in [2.05, 4.69) is 10.9 Å². The highest BCUT2D eigenvalue weighted by atomic mass is 35.5. The normalized spacial score (nSPS) is 12.3. The second-order valence-corrected chi connectivity index (χ2v) is 8.67. The number of rotatable bonds is 4. The number of hydrogen-bond donors (Lipinski definition) is 1. The molecule has 2 N–H and O–H groups in total. The number of amides is 1. The predicted molar refractivity (Wildman–Crippen MR) is 106 cm³/mol. The Labute approximate surface area is 165 Å². The third kappa shape index (κ3) is 4.46. The van der Waals surface area contributed by atoms with Gasteiger partial charge in [0.1, 0.15) is 0 Å². The van der Waals surface area contributed by atoms with Gasteiger partial charge in [0.05, 0.1) is 28.1 Å². The van der Waals surface area contributed by atoms with Crippen molar-refractivity contribution in [3.8, 4) is 12.3 Å². The van der Waals surface area contributed by atoms with Crippen molar-refractivity contribution in [1.82, 2.24) is 4.57 Å². The molecule has 1 heterocycles. The van der Waals surface area contributed by atoms with Crippen molar-refractivity contribution in [2.75, 3.05) is 0 Å². The van der Waals surface area contributed by atoms with Crippen LogP contribution in [0.15, 0.2) is 52.4 Å². The van der Waals surface area contributed by atoms with Gasteiger partial charge in [-0.05, 0) is 35.9 Å². The summed E-state index contributed by atoms with van der Waals surface area (Å²) in [7, 11) is -3.83. The summed E-state index contributed by atoms with van der Waals surface area (Å²) in [5.41, 5.74) is 1.47. The summed E-state index contributed by atoms with van der Waals surface area (Å²) in [6.07, 6.45) is 5.54. The number of terminal acetylenes is 1. The van der Waals surface area contributed by atoms with Gasteiger partial charge >= 0.3 is 0 Å². The van der Waals surface area contributed by atoms with Gasteiger partial charge in [0.2, 0.25) is 10.0 Å². The number of sulfonamides is 1. The number of carbonyl (C=O) groups is 1. The molecule has 0 saturated heterocycles. The average molecular weight is 420 g/mol. The second-order valence-electron chi connectivity index (χ2n) is 5.66. The van der Waals surface area contributed by atoms with Gasteiger partial charge in [-0.2, -0.15) is 4.99 Å². The van der Waals surface area contributed by atoms with Crippen LogP contribution in [0.1, 0.15) is 5.56 Å². The third-order valence-electron chi connectivity index (χ3n) is 3.72. The standard InChI is InChI=1S/C18H14ClN3O3S2/c1-2-9-22-15-8-7-14(27(20,24)25)11-16(15)26-18(22)21-17(23)10-12-3-5-13(19)6-4-12/h1,3-8,11H,9-10H2,(H2,20,24,25). The number of nitrogens with zero attached hydrogens (tertiary/aromatic N) is 2. The van der Waals surface area contributed by atoms with E-state index in [1.54, 1.807) is 34.9 Å². The Morgan fingerprint density at radius 1 is 1.26 bits per heavy atom.